The maximum atomic E-state index is 11.1. The molecule has 0 spiro atoms. The van der Waals surface area contributed by atoms with Gasteiger partial charge in [-0.3, -0.25) is 4.79 Å². The van der Waals surface area contributed by atoms with Crippen molar-refractivity contribution in [3.8, 4) is 0 Å². The molecule has 0 unspecified atom stereocenters. The number of carbonyl (C=O) groups is 1. The maximum Gasteiger partial charge on any atom is 0.242 e. The second kappa shape index (κ2) is 17.8. The zero-order valence-electron chi connectivity index (χ0n) is 14.8. The van der Waals surface area contributed by atoms with Crippen LogP contribution in [0.1, 0.15) is 13.8 Å². The predicted molar refractivity (Wildman–Crippen MR) is 103 cm³/mol. The minimum Gasteiger partial charge on any atom is -0.378 e. The Morgan fingerprint density at radius 3 is 1.88 bits per heavy atom. The molecule has 0 fully saturated rings. The first kappa shape index (κ1) is 24.0. The van der Waals surface area contributed by atoms with Gasteiger partial charge < -0.3 is 30.2 Å². The van der Waals surface area contributed by atoms with Crippen LogP contribution in [0.3, 0.4) is 0 Å². The Morgan fingerprint density at radius 1 is 0.833 bits per heavy atom. The summed E-state index contributed by atoms with van der Waals surface area (Å²) in [5.41, 5.74) is 0. The average molecular weight is 384 g/mol. The van der Waals surface area contributed by atoms with Crippen LogP contribution in [0.2, 0.25) is 0 Å². The van der Waals surface area contributed by atoms with Gasteiger partial charge in [0.15, 0.2) is 0 Å². The van der Waals surface area contributed by atoms with E-state index >= 15 is 0 Å². The van der Waals surface area contributed by atoms with E-state index < -0.39 is 4.58 Å². The molecule has 0 aromatic carbocycles. The Bertz CT molecular complexity index is 298. The second-order valence-electron chi connectivity index (χ2n) is 5.36. The van der Waals surface area contributed by atoms with E-state index in [1.165, 1.54) is 0 Å². The molecule has 0 bridgehead atoms. The molecule has 0 aromatic heterocycles. The van der Waals surface area contributed by atoms with E-state index in [2.05, 4.69) is 55.1 Å². The van der Waals surface area contributed by atoms with Gasteiger partial charge >= 0.3 is 0 Å². The summed E-state index contributed by atoms with van der Waals surface area (Å²) >= 11 is 7.81. The van der Waals surface area contributed by atoms with Crippen molar-refractivity contribution in [1.29, 1.82) is 0 Å². The molecule has 0 aliphatic carbocycles. The van der Waals surface area contributed by atoms with E-state index in [0.29, 0.717) is 52.2 Å². The molecule has 0 saturated carbocycles. The number of amides is 1. The number of ether oxygens (including phenoxy) is 3. The van der Waals surface area contributed by atoms with Gasteiger partial charge in [0.2, 0.25) is 5.91 Å². The normalized spacial score (nSPS) is 11.4. The van der Waals surface area contributed by atoms with Crippen LogP contribution in [0.15, 0.2) is 0 Å². The van der Waals surface area contributed by atoms with Crippen molar-refractivity contribution in [1.82, 2.24) is 16.0 Å². The van der Waals surface area contributed by atoms with Crippen LogP contribution in [-0.2, 0) is 19.0 Å². The molecule has 0 aliphatic rings. The smallest absolute Gasteiger partial charge is 0.242 e. The van der Waals surface area contributed by atoms with Crippen LogP contribution in [0, 0.1) is 0 Å². The lowest BCUT2D eigenvalue weighted by Gasteiger charge is -2.10. The fourth-order valence-corrected chi connectivity index (χ4v) is 1.78. The Kier molecular flexibility index (Phi) is 17.8. The summed E-state index contributed by atoms with van der Waals surface area (Å²) in [5, 5.41) is 9.16. The highest BCUT2D eigenvalue weighted by Crippen LogP contribution is 1.97. The minimum absolute atomic E-state index is 0.208. The molecule has 0 aromatic rings. The summed E-state index contributed by atoms with van der Waals surface area (Å²) in [5.74, 6) is -0.208. The predicted octanol–water partition coefficient (Wildman–Crippen LogP) is -0.0743. The molecule has 0 radical (unpaired) electrons. The summed E-state index contributed by atoms with van der Waals surface area (Å²) in [6, 6.07) is 0.493. The van der Waals surface area contributed by atoms with Crippen molar-refractivity contribution in [3.05, 3.63) is 0 Å². The number of hydrogen-bond acceptors (Lipinski definition) is 8. The zero-order valence-corrected chi connectivity index (χ0v) is 16.5. The zero-order chi connectivity index (χ0) is 18.0. The van der Waals surface area contributed by atoms with Crippen LogP contribution < -0.4 is 16.0 Å². The molecular weight excluding hydrogens is 350 g/mol. The van der Waals surface area contributed by atoms with Crippen molar-refractivity contribution < 1.29 is 19.0 Å². The quantitative estimate of drug-likeness (QED) is 0.137. The van der Waals surface area contributed by atoms with Crippen molar-refractivity contribution >= 4 is 31.2 Å². The van der Waals surface area contributed by atoms with E-state index in [4.69, 9.17) is 14.2 Å². The second-order valence-corrected chi connectivity index (χ2v) is 6.80. The van der Waals surface area contributed by atoms with E-state index in [9.17, 15) is 4.79 Å². The molecule has 0 rings (SSSR count). The van der Waals surface area contributed by atoms with Gasteiger partial charge in [-0.15, -0.1) is 0 Å². The summed E-state index contributed by atoms with van der Waals surface area (Å²) in [6.45, 7) is 10.7. The number of nitrogens with one attached hydrogen (secondary N) is 3. The summed E-state index contributed by atoms with van der Waals surface area (Å²) < 4.78 is 15.7. The average Bonchev–Trinajstić information content (AvgIpc) is 2.53. The van der Waals surface area contributed by atoms with Gasteiger partial charge in [-0.25, -0.2) is 0 Å². The van der Waals surface area contributed by atoms with Crippen LogP contribution in [0.5, 0.6) is 0 Å². The first-order valence-electron chi connectivity index (χ1n) is 8.35. The third-order valence-corrected chi connectivity index (χ3v) is 3.27. The van der Waals surface area contributed by atoms with Gasteiger partial charge in [0.1, 0.15) is 4.58 Å². The van der Waals surface area contributed by atoms with E-state index in [-0.39, 0.29) is 5.91 Å². The van der Waals surface area contributed by atoms with Crippen LogP contribution in [0.4, 0.5) is 0 Å². The lowest BCUT2D eigenvalue weighted by molar-refractivity contribution is -0.119. The summed E-state index contributed by atoms with van der Waals surface area (Å²) in [6.07, 6.45) is 0. The third kappa shape index (κ3) is 18.3. The van der Waals surface area contributed by atoms with Crippen molar-refractivity contribution in [2.45, 2.75) is 24.5 Å². The summed E-state index contributed by atoms with van der Waals surface area (Å²) in [7, 11) is 0. The highest BCUT2D eigenvalue weighted by atomic mass is 32.2. The molecular formula is C15H33N3O4S2. The van der Waals surface area contributed by atoms with Crippen molar-refractivity contribution in [2.24, 2.45) is 0 Å². The topological polar surface area (TPSA) is 80.8 Å². The van der Waals surface area contributed by atoms with E-state index in [1.807, 2.05) is 0 Å². The Hall–Kier alpha value is -0.0300. The first-order valence-corrected chi connectivity index (χ1v) is 9.38. The summed E-state index contributed by atoms with van der Waals surface area (Å²) in [4.78, 5) is 11.1. The Balaban J connectivity index is 3.06. The van der Waals surface area contributed by atoms with Gasteiger partial charge in [0.25, 0.3) is 0 Å². The molecule has 0 heterocycles. The Labute approximate surface area is 156 Å². The molecule has 0 saturated heterocycles. The fourth-order valence-electron chi connectivity index (χ4n) is 1.60. The third-order valence-electron chi connectivity index (χ3n) is 2.80. The SMILES string of the molecule is CC(C)NCCOCCOCCNCCOCCNC(=O)C(S)S. The van der Waals surface area contributed by atoms with Crippen LogP contribution in [0.25, 0.3) is 0 Å². The van der Waals surface area contributed by atoms with E-state index in [1.54, 1.807) is 0 Å². The van der Waals surface area contributed by atoms with Crippen LogP contribution in [-0.4, -0.2) is 82.4 Å². The molecule has 3 N–H and O–H groups in total. The molecule has 24 heavy (non-hydrogen) atoms. The highest BCUT2D eigenvalue weighted by molar-refractivity contribution is 8.00. The lowest BCUT2D eigenvalue weighted by atomic mass is 10.4. The monoisotopic (exact) mass is 383 g/mol. The van der Waals surface area contributed by atoms with Crippen molar-refractivity contribution in [3.63, 3.8) is 0 Å². The van der Waals surface area contributed by atoms with Gasteiger partial charge in [-0.1, -0.05) is 13.8 Å². The molecule has 0 atom stereocenters. The number of thiol groups is 2. The van der Waals surface area contributed by atoms with Gasteiger partial charge in [-0.2, -0.15) is 25.3 Å². The lowest BCUT2D eigenvalue weighted by Crippen LogP contribution is -2.32. The van der Waals surface area contributed by atoms with Gasteiger partial charge in [0.05, 0.1) is 39.6 Å². The molecule has 144 valence electrons. The largest absolute Gasteiger partial charge is 0.378 e. The van der Waals surface area contributed by atoms with E-state index in [0.717, 1.165) is 19.6 Å². The highest BCUT2D eigenvalue weighted by Gasteiger charge is 2.06. The Morgan fingerprint density at radius 2 is 1.33 bits per heavy atom. The molecule has 7 nitrogen and oxygen atoms in total. The number of rotatable bonds is 17. The van der Waals surface area contributed by atoms with Gasteiger partial charge in [0, 0.05) is 32.2 Å². The fraction of sp³-hybridized carbons (Fsp3) is 0.933. The number of carbonyl (C=O) groups excluding carboxylic acids is 1. The standard InChI is InChI=1S/C15H33N3O4S2/c1-13(2)17-5-9-22-12-11-21-8-4-16-3-7-20-10-6-18-14(19)15(23)24/h13,15-17,23-24H,3-12H2,1-2H3,(H,18,19). The minimum atomic E-state index is -0.589. The first-order chi connectivity index (χ1) is 11.5. The molecule has 1 amide bonds. The van der Waals surface area contributed by atoms with Crippen LogP contribution >= 0.6 is 25.3 Å². The number of hydrogen-bond donors (Lipinski definition) is 5. The molecule has 0 aliphatic heterocycles. The van der Waals surface area contributed by atoms with Gasteiger partial charge in [-0.05, 0) is 0 Å². The molecule has 9 heteroatoms. The maximum absolute atomic E-state index is 11.1. The van der Waals surface area contributed by atoms with Crippen molar-refractivity contribution in [2.75, 3.05) is 65.8 Å².